The van der Waals surface area contributed by atoms with Crippen LogP contribution in [0.2, 0.25) is 19.1 Å². The fourth-order valence-corrected chi connectivity index (χ4v) is 2.78. The van der Waals surface area contributed by atoms with Crippen molar-refractivity contribution in [2.24, 2.45) is 5.92 Å². The van der Waals surface area contributed by atoms with Crippen LogP contribution in [0.5, 0.6) is 0 Å². The molecule has 0 fully saturated rings. The summed E-state index contributed by atoms with van der Waals surface area (Å²) in [4.78, 5) is 11.3. The standard InChI is InChI=1S/C9H19FO2Si/c1-7(2)12-9(11)8(3)6-13(4,5)10/h7-8H,6H2,1-5H3. The Hall–Kier alpha value is -0.383. The maximum Gasteiger partial charge on any atom is 0.308 e. The zero-order valence-electron chi connectivity index (χ0n) is 9.06. The third kappa shape index (κ3) is 6.75. The molecule has 0 radical (unpaired) electrons. The minimum Gasteiger partial charge on any atom is -0.463 e. The molecule has 0 saturated carbocycles. The summed E-state index contributed by atoms with van der Waals surface area (Å²) in [6.07, 6.45) is -0.112. The van der Waals surface area contributed by atoms with Crippen LogP contribution in [0, 0.1) is 5.92 Å². The molecule has 0 saturated heterocycles. The van der Waals surface area contributed by atoms with Crippen LogP contribution >= 0.6 is 0 Å². The molecule has 0 amide bonds. The van der Waals surface area contributed by atoms with E-state index in [4.69, 9.17) is 4.74 Å². The number of halogens is 1. The zero-order valence-corrected chi connectivity index (χ0v) is 10.1. The van der Waals surface area contributed by atoms with E-state index < -0.39 is 8.41 Å². The van der Waals surface area contributed by atoms with E-state index in [1.54, 1.807) is 33.9 Å². The molecule has 0 aliphatic heterocycles. The lowest BCUT2D eigenvalue weighted by Crippen LogP contribution is -2.27. The molecular formula is C9H19FO2Si. The number of carbonyl (C=O) groups excluding carboxylic acids is 1. The third-order valence-electron chi connectivity index (χ3n) is 1.55. The molecule has 1 atom stereocenters. The minimum absolute atomic E-state index is 0.112. The van der Waals surface area contributed by atoms with Crippen molar-refractivity contribution in [3.8, 4) is 0 Å². The average Bonchev–Trinajstić information content (AvgIpc) is 1.81. The number of esters is 1. The van der Waals surface area contributed by atoms with Gasteiger partial charge in [-0.05, 0) is 33.0 Å². The highest BCUT2D eigenvalue weighted by Crippen LogP contribution is 2.19. The van der Waals surface area contributed by atoms with Crippen molar-refractivity contribution >= 4 is 14.4 Å². The van der Waals surface area contributed by atoms with Crippen LogP contribution in [-0.2, 0) is 9.53 Å². The molecule has 0 rings (SSSR count). The van der Waals surface area contributed by atoms with Gasteiger partial charge < -0.3 is 8.84 Å². The normalized spacial score (nSPS) is 14.4. The van der Waals surface area contributed by atoms with E-state index in [0.717, 1.165) is 0 Å². The first-order valence-electron chi connectivity index (χ1n) is 4.62. The Kier molecular flexibility index (Phi) is 4.60. The lowest BCUT2D eigenvalue weighted by molar-refractivity contribution is -0.151. The van der Waals surface area contributed by atoms with Crippen LogP contribution < -0.4 is 0 Å². The first kappa shape index (κ1) is 12.6. The Morgan fingerprint density at radius 1 is 1.38 bits per heavy atom. The van der Waals surface area contributed by atoms with E-state index in [0.29, 0.717) is 6.04 Å². The lowest BCUT2D eigenvalue weighted by Gasteiger charge is -2.17. The highest BCUT2D eigenvalue weighted by Gasteiger charge is 2.28. The SMILES string of the molecule is CC(C)OC(=O)C(C)C[Si](C)(C)F. The van der Waals surface area contributed by atoms with Gasteiger partial charge in [0, 0.05) is 0 Å². The van der Waals surface area contributed by atoms with Gasteiger partial charge in [-0.1, -0.05) is 6.92 Å². The van der Waals surface area contributed by atoms with E-state index in [2.05, 4.69) is 0 Å². The summed E-state index contributed by atoms with van der Waals surface area (Å²) >= 11 is 0. The molecule has 13 heavy (non-hydrogen) atoms. The molecular weight excluding hydrogens is 187 g/mol. The van der Waals surface area contributed by atoms with E-state index in [9.17, 15) is 8.90 Å². The molecule has 0 aliphatic rings. The predicted octanol–water partition coefficient (Wildman–Crippen LogP) is 2.75. The van der Waals surface area contributed by atoms with Gasteiger partial charge in [0.15, 0.2) is 0 Å². The number of hydrogen-bond acceptors (Lipinski definition) is 2. The smallest absolute Gasteiger partial charge is 0.308 e. The maximum absolute atomic E-state index is 13.3. The highest BCUT2D eigenvalue weighted by molar-refractivity contribution is 6.70. The second-order valence-corrected chi connectivity index (χ2v) is 8.16. The topological polar surface area (TPSA) is 26.3 Å². The molecule has 0 heterocycles. The van der Waals surface area contributed by atoms with Crippen molar-refractivity contribution in [1.82, 2.24) is 0 Å². The van der Waals surface area contributed by atoms with E-state index >= 15 is 0 Å². The average molecular weight is 206 g/mol. The van der Waals surface area contributed by atoms with Crippen LogP contribution in [0.1, 0.15) is 20.8 Å². The fraction of sp³-hybridized carbons (Fsp3) is 0.889. The molecule has 0 aromatic carbocycles. The zero-order chi connectivity index (χ0) is 10.6. The molecule has 0 aromatic heterocycles. The minimum atomic E-state index is -2.63. The number of ether oxygens (including phenoxy) is 1. The predicted molar refractivity (Wildman–Crippen MR) is 53.8 cm³/mol. The fourth-order valence-electron chi connectivity index (χ4n) is 1.16. The molecule has 0 bridgehead atoms. The second-order valence-electron chi connectivity index (χ2n) is 4.31. The Bertz CT molecular complexity index is 175. The van der Waals surface area contributed by atoms with Gasteiger partial charge in [-0.2, -0.15) is 0 Å². The largest absolute Gasteiger partial charge is 0.463 e. The van der Waals surface area contributed by atoms with Gasteiger partial charge in [-0.25, -0.2) is 0 Å². The first-order valence-corrected chi connectivity index (χ1v) is 7.70. The van der Waals surface area contributed by atoms with Crippen LogP contribution in [0.4, 0.5) is 4.11 Å². The van der Waals surface area contributed by atoms with E-state index in [-0.39, 0.29) is 18.0 Å². The molecule has 0 spiro atoms. The summed E-state index contributed by atoms with van der Waals surface area (Å²) in [5.74, 6) is -0.595. The van der Waals surface area contributed by atoms with Gasteiger partial charge in [0.1, 0.15) is 0 Å². The number of carbonyl (C=O) groups is 1. The maximum atomic E-state index is 13.3. The van der Waals surface area contributed by atoms with Crippen molar-refractivity contribution in [2.45, 2.75) is 46.0 Å². The molecule has 78 valence electrons. The number of hydrogen-bond donors (Lipinski definition) is 0. The highest BCUT2D eigenvalue weighted by atomic mass is 28.4. The van der Waals surface area contributed by atoms with Crippen molar-refractivity contribution in [1.29, 1.82) is 0 Å². The summed E-state index contributed by atoms with van der Waals surface area (Å²) in [5.41, 5.74) is 0. The van der Waals surface area contributed by atoms with E-state index in [1.165, 1.54) is 0 Å². The summed E-state index contributed by atoms with van der Waals surface area (Å²) in [6.45, 7) is 8.52. The van der Waals surface area contributed by atoms with E-state index in [1.807, 2.05) is 0 Å². The van der Waals surface area contributed by atoms with Crippen LogP contribution in [0.15, 0.2) is 0 Å². The monoisotopic (exact) mass is 206 g/mol. The summed E-state index contributed by atoms with van der Waals surface area (Å²) < 4.78 is 18.2. The van der Waals surface area contributed by atoms with Gasteiger partial charge in [-0.3, -0.25) is 4.79 Å². The molecule has 4 heteroatoms. The molecule has 1 unspecified atom stereocenters. The van der Waals surface area contributed by atoms with Crippen LogP contribution in [-0.4, -0.2) is 20.5 Å². The van der Waals surface area contributed by atoms with Gasteiger partial charge in [0.05, 0.1) is 12.0 Å². The molecule has 0 N–H and O–H groups in total. The van der Waals surface area contributed by atoms with Crippen molar-refractivity contribution in [3.05, 3.63) is 0 Å². The molecule has 2 nitrogen and oxygen atoms in total. The summed E-state index contributed by atoms with van der Waals surface area (Å²) in [7, 11) is -2.63. The van der Waals surface area contributed by atoms with Crippen LogP contribution in [0.25, 0.3) is 0 Å². The Morgan fingerprint density at radius 3 is 2.15 bits per heavy atom. The Balaban J connectivity index is 3.97. The molecule has 0 aliphatic carbocycles. The van der Waals surface area contributed by atoms with Gasteiger partial charge in [-0.15, -0.1) is 0 Å². The van der Waals surface area contributed by atoms with Crippen molar-refractivity contribution < 1.29 is 13.6 Å². The van der Waals surface area contributed by atoms with Crippen LogP contribution in [0.3, 0.4) is 0 Å². The second kappa shape index (κ2) is 4.74. The number of rotatable bonds is 4. The molecule has 0 aromatic rings. The van der Waals surface area contributed by atoms with Crippen molar-refractivity contribution in [2.75, 3.05) is 0 Å². The Morgan fingerprint density at radius 2 is 1.85 bits per heavy atom. The summed E-state index contributed by atoms with van der Waals surface area (Å²) in [5, 5.41) is 0. The van der Waals surface area contributed by atoms with Gasteiger partial charge in [0.2, 0.25) is 8.41 Å². The van der Waals surface area contributed by atoms with Crippen molar-refractivity contribution in [3.63, 3.8) is 0 Å². The van der Waals surface area contributed by atoms with Gasteiger partial charge in [0.25, 0.3) is 0 Å². The lowest BCUT2D eigenvalue weighted by atomic mass is 10.2. The summed E-state index contributed by atoms with van der Waals surface area (Å²) in [6, 6.07) is 0.346. The first-order chi connectivity index (χ1) is 5.72. The third-order valence-corrected chi connectivity index (χ3v) is 3.13. The quantitative estimate of drug-likeness (QED) is 0.401. The Labute approximate surface area is 80.7 Å². The van der Waals surface area contributed by atoms with Gasteiger partial charge >= 0.3 is 5.97 Å².